The molecule has 1 aliphatic heterocycles. The van der Waals surface area contributed by atoms with Crippen molar-refractivity contribution in [3.8, 4) is 0 Å². The van der Waals surface area contributed by atoms with Gasteiger partial charge in [-0.25, -0.2) is 4.98 Å². The van der Waals surface area contributed by atoms with Crippen molar-refractivity contribution in [1.82, 2.24) is 9.97 Å². The Bertz CT molecular complexity index is 453. The second-order valence-electron chi connectivity index (χ2n) is 4.78. The molecule has 1 fully saturated rings. The molecule has 0 amide bonds. The van der Waals surface area contributed by atoms with E-state index in [1.807, 2.05) is 6.92 Å². The summed E-state index contributed by atoms with van der Waals surface area (Å²) in [7, 11) is 0. The van der Waals surface area contributed by atoms with E-state index in [-0.39, 0.29) is 17.8 Å². The standard InChI is InChI=1S/C13H20N2O2/c1-4-5-10-9(3)14-12(15-13(10)16)11-7-6-8(2)17-11/h8,11H,4-7H2,1-3H3,(H,14,15,16). The van der Waals surface area contributed by atoms with E-state index in [4.69, 9.17) is 4.74 Å². The van der Waals surface area contributed by atoms with Crippen LogP contribution in [0.2, 0.25) is 0 Å². The van der Waals surface area contributed by atoms with Crippen LogP contribution in [0.4, 0.5) is 0 Å². The molecule has 1 aliphatic rings. The fourth-order valence-corrected chi connectivity index (χ4v) is 2.33. The van der Waals surface area contributed by atoms with E-state index in [9.17, 15) is 4.79 Å². The lowest BCUT2D eigenvalue weighted by Crippen LogP contribution is -2.20. The molecule has 1 aromatic rings. The number of rotatable bonds is 3. The van der Waals surface area contributed by atoms with Crippen LogP contribution in [0.5, 0.6) is 0 Å². The minimum atomic E-state index is -0.0351. The maximum absolute atomic E-state index is 11.9. The van der Waals surface area contributed by atoms with Gasteiger partial charge < -0.3 is 9.72 Å². The van der Waals surface area contributed by atoms with E-state index in [1.165, 1.54) is 0 Å². The largest absolute Gasteiger partial charge is 0.367 e. The zero-order valence-corrected chi connectivity index (χ0v) is 10.7. The average Bonchev–Trinajstić information content (AvgIpc) is 2.70. The van der Waals surface area contributed by atoms with Gasteiger partial charge in [0.05, 0.1) is 6.10 Å². The van der Waals surface area contributed by atoms with E-state index in [2.05, 4.69) is 23.8 Å². The maximum Gasteiger partial charge on any atom is 0.254 e. The number of aryl methyl sites for hydroxylation is 1. The lowest BCUT2D eigenvalue weighted by Gasteiger charge is -2.12. The number of aromatic amines is 1. The Hall–Kier alpha value is -1.16. The van der Waals surface area contributed by atoms with Crippen molar-refractivity contribution < 1.29 is 4.74 Å². The van der Waals surface area contributed by atoms with Gasteiger partial charge in [-0.15, -0.1) is 0 Å². The first-order valence-corrected chi connectivity index (χ1v) is 6.37. The van der Waals surface area contributed by atoms with Crippen LogP contribution in [0.1, 0.15) is 56.3 Å². The molecule has 0 bridgehead atoms. The predicted octanol–water partition coefficient (Wildman–Crippen LogP) is 2.27. The van der Waals surface area contributed by atoms with Crippen LogP contribution in [-0.2, 0) is 11.2 Å². The lowest BCUT2D eigenvalue weighted by atomic mass is 10.1. The normalized spacial score (nSPS) is 24.2. The molecule has 17 heavy (non-hydrogen) atoms. The summed E-state index contributed by atoms with van der Waals surface area (Å²) in [6, 6.07) is 0. The summed E-state index contributed by atoms with van der Waals surface area (Å²) in [6.45, 7) is 6.02. The first kappa shape index (κ1) is 12.3. The molecule has 2 rings (SSSR count). The molecule has 2 atom stereocenters. The summed E-state index contributed by atoms with van der Waals surface area (Å²) in [5.41, 5.74) is 1.65. The van der Waals surface area contributed by atoms with Gasteiger partial charge in [0.15, 0.2) is 0 Å². The molecule has 94 valence electrons. The molecule has 1 N–H and O–H groups in total. The molecule has 0 radical (unpaired) electrons. The van der Waals surface area contributed by atoms with Crippen molar-refractivity contribution in [2.24, 2.45) is 0 Å². The van der Waals surface area contributed by atoms with Crippen molar-refractivity contribution in [2.75, 3.05) is 0 Å². The topological polar surface area (TPSA) is 55.0 Å². The van der Waals surface area contributed by atoms with E-state index in [1.54, 1.807) is 0 Å². The van der Waals surface area contributed by atoms with Crippen LogP contribution < -0.4 is 5.56 Å². The van der Waals surface area contributed by atoms with Gasteiger partial charge in [-0.05, 0) is 33.1 Å². The number of hydrogen-bond acceptors (Lipinski definition) is 3. The van der Waals surface area contributed by atoms with Gasteiger partial charge in [0.2, 0.25) is 0 Å². The van der Waals surface area contributed by atoms with Gasteiger partial charge in [0.25, 0.3) is 5.56 Å². The molecule has 4 heteroatoms. The van der Waals surface area contributed by atoms with Crippen LogP contribution in [-0.4, -0.2) is 16.1 Å². The summed E-state index contributed by atoms with van der Waals surface area (Å²) in [6.07, 6.45) is 3.95. The van der Waals surface area contributed by atoms with Gasteiger partial charge in [0, 0.05) is 11.3 Å². The number of H-pyrrole nitrogens is 1. The van der Waals surface area contributed by atoms with Crippen molar-refractivity contribution in [3.05, 3.63) is 27.4 Å². The molecule has 2 heterocycles. The third-order valence-corrected chi connectivity index (χ3v) is 3.28. The second kappa shape index (κ2) is 5.00. The SMILES string of the molecule is CCCc1c(C)nc(C2CCC(C)O2)[nH]c1=O. The number of nitrogens with zero attached hydrogens (tertiary/aromatic N) is 1. The molecular weight excluding hydrogens is 216 g/mol. The Labute approximate surface area is 101 Å². The fourth-order valence-electron chi connectivity index (χ4n) is 2.33. The van der Waals surface area contributed by atoms with Crippen LogP contribution in [0.3, 0.4) is 0 Å². The van der Waals surface area contributed by atoms with Crippen molar-refractivity contribution in [1.29, 1.82) is 0 Å². The van der Waals surface area contributed by atoms with Gasteiger partial charge in [-0.1, -0.05) is 13.3 Å². The first-order chi connectivity index (χ1) is 8.11. The van der Waals surface area contributed by atoms with Gasteiger partial charge >= 0.3 is 0 Å². The number of ether oxygens (including phenoxy) is 1. The monoisotopic (exact) mass is 236 g/mol. The highest BCUT2D eigenvalue weighted by Gasteiger charge is 2.25. The number of nitrogens with one attached hydrogen (secondary N) is 1. The summed E-state index contributed by atoms with van der Waals surface area (Å²) in [4.78, 5) is 19.3. The quantitative estimate of drug-likeness (QED) is 0.876. The minimum absolute atomic E-state index is 0.00231. The van der Waals surface area contributed by atoms with E-state index >= 15 is 0 Å². The van der Waals surface area contributed by atoms with Crippen LogP contribution in [0, 0.1) is 6.92 Å². The summed E-state index contributed by atoms with van der Waals surface area (Å²) in [5.74, 6) is 0.691. The van der Waals surface area contributed by atoms with E-state index in [0.29, 0.717) is 5.82 Å². The van der Waals surface area contributed by atoms with Crippen LogP contribution in [0.25, 0.3) is 0 Å². The number of aromatic nitrogens is 2. The second-order valence-corrected chi connectivity index (χ2v) is 4.78. The minimum Gasteiger partial charge on any atom is -0.367 e. The average molecular weight is 236 g/mol. The highest BCUT2D eigenvalue weighted by atomic mass is 16.5. The zero-order valence-electron chi connectivity index (χ0n) is 10.7. The fraction of sp³-hybridized carbons (Fsp3) is 0.692. The molecule has 4 nitrogen and oxygen atoms in total. The Morgan fingerprint density at radius 3 is 2.76 bits per heavy atom. The first-order valence-electron chi connectivity index (χ1n) is 6.37. The van der Waals surface area contributed by atoms with Crippen molar-refractivity contribution in [3.63, 3.8) is 0 Å². The smallest absolute Gasteiger partial charge is 0.254 e. The molecule has 0 aliphatic carbocycles. The molecule has 0 saturated carbocycles. The van der Waals surface area contributed by atoms with Crippen molar-refractivity contribution in [2.45, 2.75) is 58.7 Å². The van der Waals surface area contributed by atoms with Gasteiger partial charge in [-0.2, -0.15) is 0 Å². The summed E-state index contributed by atoms with van der Waals surface area (Å²) >= 11 is 0. The third-order valence-electron chi connectivity index (χ3n) is 3.28. The Balaban J connectivity index is 2.29. The highest BCUT2D eigenvalue weighted by molar-refractivity contribution is 5.17. The van der Waals surface area contributed by atoms with Gasteiger partial charge in [0.1, 0.15) is 11.9 Å². The summed E-state index contributed by atoms with van der Waals surface area (Å²) < 4.78 is 5.72. The highest BCUT2D eigenvalue weighted by Crippen LogP contribution is 2.30. The summed E-state index contributed by atoms with van der Waals surface area (Å²) in [5, 5.41) is 0. The Morgan fingerprint density at radius 1 is 1.47 bits per heavy atom. The lowest BCUT2D eigenvalue weighted by molar-refractivity contribution is 0.0500. The van der Waals surface area contributed by atoms with Crippen LogP contribution in [0.15, 0.2) is 4.79 Å². The maximum atomic E-state index is 11.9. The Kier molecular flexibility index (Phi) is 3.62. The van der Waals surface area contributed by atoms with Crippen LogP contribution >= 0.6 is 0 Å². The number of hydrogen-bond donors (Lipinski definition) is 1. The molecule has 1 saturated heterocycles. The third kappa shape index (κ3) is 2.57. The van der Waals surface area contributed by atoms with Crippen molar-refractivity contribution >= 4 is 0 Å². The molecule has 2 unspecified atom stereocenters. The van der Waals surface area contributed by atoms with E-state index in [0.717, 1.165) is 36.9 Å². The predicted molar refractivity (Wildman–Crippen MR) is 66.1 cm³/mol. The molecule has 1 aromatic heterocycles. The molecule has 0 spiro atoms. The molecule has 0 aromatic carbocycles. The van der Waals surface area contributed by atoms with Gasteiger partial charge in [-0.3, -0.25) is 4.79 Å². The van der Waals surface area contributed by atoms with E-state index < -0.39 is 0 Å². The molecular formula is C13H20N2O2. The zero-order chi connectivity index (χ0) is 12.4. The Morgan fingerprint density at radius 2 is 2.24 bits per heavy atom.